The highest BCUT2D eigenvalue weighted by Crippen LogP contribution is 2.27. The highest BCUT2D eigenvalue weighted by molar-refractivity contribution is 5.78. The van der Waals surface area contributed by atoms with E-state index in [2.05, 4.69) is 15.0 Å². The summed E-state index contributed by atoms with van der Waals surface area (Å²) in [6.07, 6.45) is 5.71. The minimum atomic E-state index is -0.792. The van der Waals surface area contributed by atoms with Gasteiger partial charge in [0.05, 0.1) is 0 Å². The second-order valence-corrected chi connectivity index (χ2v) is 5.32. The summed E-state index contributed by atoms with van der Waals surface area (Å²) in [5.74, 6) is 0.524. The van der Waals surface area contributed by atoms with Gasteiger partial charge in [-0.15, -0.1) is 0 Å². The van der Waals surface area contributed by atoms with Crippen LogP contribution >= 0.6 is 0 Å². The third-order valence-electron chi connectivity index (χ3n) is 3.90. The van der Waals surface area contributed by atoms with Gasteiger partial charge in [0, 0.05) is 36.3 Å². The van der Waals surface area contributed by atoms with Crippen molar-refractivity contribution in [2.45, 2.75) is 32.2 Å². The lowest BCUT2D eigenvalue weighted by molar-refractivity contribution is -0.138. The van der Waals surface area contributed by atoms with Crippen molar-refractivity contribution >= 4 is 11.8 Å². The van der Waals surface area contributed by atoms with Crippen molar-refractivity contribution < 1.29 is 9.90 Å². The molecule has 0 spiro atoms. The van der Waals surface area contributed by atoms with Gasteiger partial charge in [0.1, 0.15) is 11.9 Å². The van der Waals surface area contributed by atoms with Crippen LogP contribution in [-0.2, 0) is 11.2 Å². The first-order valence-electron chi connectivity index (χ1n) is 7.47. The second-order valence-electron chi connectivity index (χ2n) is 5.32. The Balaban J connectivity index is 2.03. The average Bonchev–Trinajstić information content (AvgIpc) is 3.05. The second kappa shape index (κ2) is 6.09. The number of carboxylic acid groups (broad SMARTS) is 1. The van der Waals surface area contributed by atoms with E-state index in [1.165, 1.54) is 0 Å². The summed E-state index contributed by atoms with van der Waals surface area (Å²) in [5.41, 5.74) is 1.80. The van der Waals surface area contributed by atoms with E-state index in [1.54, 1.807) is 12.4 Å². The number of carboxylic acids is 1. The molecule has 0 aromatic carbocycles. The zero-order valence-electron chi connectivity index (χ0n) is 12.4. The molecule has 3 heterocycles. The van der Waals surface area contributed by atoms with E-state index in [0.29, 0.717) is 24.6 Å². The normalized spacial score (nSPS) is 17.7. The molecule has 1 atom stereocenters. The summed E-state index contributed by atoms with van der Waals surface area (Å²) >= 11 is 0. The van der Waals surface area contributed by atoms with Crippen molar-refractivity contribution in [3.63, 3.8) is 0 Å². The Morgan fingerprint density at radius 1 is 1.36 bits per heavy atom. The van der Waals surface area contributed by atoms with Crippen LogP contribution in [0.15, 0.2) is 30.6 Å². The topological polar surface area (TPSA) is 79.2 Å². The smallest absolute Gasteiger partial charge is 0.326 e. The lowest BCUT2D eigenvalue weighted by Gasteiger charge is -2.23. The van der Waals surface area contributed by atoms with Crippen LogP contribution in [0, 0.1) is 0 Å². The molecule has 0 aliphatic carbocycles. The van der Waals surface area contributed by atoms with Gasteiger partial charge in [0.15, 0.2) is 5.82 Å². The summed E-state index contributed by atoms with van der Waals surface area (Å²) in [4.78, 5) is 26.4. The number of aryl methyl sites for hydroxylation is 1. The van der Waals surface area contributed by atoms with E-state index >= 15 is 0 Å². The summed E-state index contributed by atoms with van der Waals surface area (Å²) < 4.78 is 0. The maximum atomic E-state index is 11.4. The fraction of sp³-hybridized carbons (Fsp3) is 0.375. The molecule has 1 aliphatic heterocycles. The number of aromatic nitrogens is 3. The highest BCUT2D eigenvalue weighted by Gasteiger charge is 2.31. The minimum absolute atomic E-state index is 0.495. The molecule has 1 saturated heterocycles. The molecule has 1 N–H and O–H groups in total. The van der Waals surface area contributed by atoms with Gasteiger partial charge < -0.3 is 10.0 Å². The third kappa shape index (κ3) is 2.77. The molecule has 0 unspecified atom stereocenters. The van der Waals surface area contributed by atoms with Crippen LogP contribution in [-0.4, -0.2) is 38.6 Å². The zero-order valence-corrected chi connectivity index (χ0v) is 12.4. The number of hydrogen-bond acceptors (Lipinski definition) is 5. The van der Waals surface area contributed by atoms with Crippen molar-refractivity contribution in [2.24, 2.45) is 0 Å². The monoisotopic (exact) mass is 298 g/mol. The van der Waals surface area contributed by atoms with E-state index in [-0.39, 0.29) is 0 Å². The summed E-state index contributed by atoms with van der Waals surface area (Å²) in [6.45, 7) is 2.74. The summed E-state index contributed by atoms with van der Waals surface area (Å²) in [6, 6.07) is 5.12. The average molecular weight is 298 g/mol. The van der Waals surface area contributed by atoms with Gasteiger partial charge in [-0.25, -0.2) is 14.8 Å². The van der Waals surface area contributed by atoms with Crippen LogP contribution in [0.4, 0.5) is 5.82 Å². The Labute approximate surface area is 128 Å². The van der Waals surface area contributed by atoms with E-state index in [4.69, 9.17) is 0 Å². The fourth-order valence-corrected chi connectivity index (χ4v) is 2.74. The Morgan fingerprint density at radius 3 is 2.82 bits per heavy atom. The Bertz CT molecular complexity index is 675. The van der Waals surface area contributed by atoms with Gasteiger partial charge in [-0.2, -0.15) is 0 Å². The van der Waals surface area contributed by atoms with Crippen LogP contribution in [0.3, 0.4) is 0 Å². The number of rotatable bonds is 4. The van der Waals surface area contributed by atoms with Crippen LogP contribution in [0.1, 0.15) is 25.5 Å². The Morgan fingerprint density at radius 2 is 2.14 bits per heavy atom. The molecule has 2 aromatic rings. The van der Waals surface area contributed by atoms with Gasteiger partial charge in [-0.05, 0) is 31.4 Å². The van der Waals surface area contributed by atoms with Crippen molar-refractivity contribution in [3.8, 4) is 11.4 Å². The number of nitrogens with zero attached hydrogens (tertiary/aromatic N) is 4. The minimum Gasteiger partial charge on any atom is -0.480 e. The van der Waals surface area contributed by atoms with Gasteiger partial charge >= 0.3 is 5.97 Å². The van der Waals surface area contributed by atoms with E-state index < -0.39 is 12.0 Å². The molecule has 1 aliphatic rings. The molecule has 2 aromatic heterocycles. The molecule has 114 valence electrons. The SMILES string of the molecule is CCc1cc(N2CCC[C@H]2C(=O)O)nc(-c2ccncc2)n1. The first-order chi connectivity index (χ1) is 10.7. The van der Waals surface area contributed by atoms with Crippen LogP contribution in [0.25, 0.3) is 11.4 Å². The summed E-state index contributed by atoms with van der Waals surface area (Å²) in [7, 11) is 0. The van der Waals surface area contributed by atoms with Crippen molar-refractivity contribution in [3.05, 3.63) is 36.3 Å². The van der Waals surface area contributed by atoms with Crippen LogP contribution in [0.2, 0.25) is 0 Å². The third-order valence-corrected chi connectivity index (χ3v) is 3.90. The molecular weight excluding hydrogens is 280 g/mol. The molecular formula is C16H18N4O2. The Hall–Kier alpha value is -2.50. The molecule has 6 nitrogen and oxygen atoms in total. The van der Waals surface area contributed by atoms with E-state index in [9.17, 15) is 9.90 Å². The maximum Gasteiger partial charge on any atom is 0.326 e. The molecule has 1 fully saturated rings. The van der Waals surface area contributed by atoms with Crippen molar-refractivity contribution in [1.29, 1.82) is 0 Å². The molecule has 0 bridgehead atoms. The number of carbonyl (C=O) groups is 1. The van der Waals surface area contributed by atoms with Gasteiger partial charge in [-0.3, -0.25) is 4.98 Å². The molecule has 22 heavy (non-hydrogen) atoms. The lowest BCUT2D eigenvalue weighted by Crippen LogP contribution is -2.36. The number of aliphatic carboxylic acids is 1. The van der Waals surface area contributed by atoms with Gasteiger partial charge in [0.25, 0.3) is 0 Å². The molecule has 0 radical (unpaired) electrons. The zero-order chi connectivity index (χ0) is 15.5. The summed E-state index contributed by atoms with van der Waals surface area (Å²) in [5, 5.41) is 9.36. The quantitative estimate of drug-likeness (QED) is 0.931. The van der Waals surface area contributed by atoms with Gasteiger partial charge in [-0.1, -0.05) is 6.92 Å². The molecule has 6 heteroatoms. The predicted octanol–water partition coefficient (Wildman–Crippen LogP) is 2.15. The Kier molecular flexibility index (Phi) is 4.00. The molecule has 0 amide bonds. The standard InChI is InChI=1S/C16H18N4O2/c1-2-12-10-14(20-9-3-4-13(20)16(21)22)19-15(18-12)11-5-7-17-8-6-11/h5-8,10,13H,2-4,9H2,1H3,(H,21,22)/t13-/m0/s1. The van der Waals surface area contributed by atoms with Gasteiger partial charge in [0.2, 0.25) is 0 Å². The largest absolute Gasteiger partial charge is 0.480 e. The predicted molar refractivity (Wildman–Crippen MR) is 82.6 cm³/mol. The number of pyridine rings is 1. The lowest BCUT2D eigenvalue weighted by atomic mass is 10.2. The van der Waals surface area contributed by atoms with E-state index in [1.807, 2.05) is 30.0 Å². The van der Waals surface area contributed by atoms with Crippen molar-refractivity contribution in [1.82, 2.24) is 15.0 Å². The molecule has 3 rings (SSSR count). The highest BCUT2D eigenvalue weighted by atomic mass is 16.4. The maximum absolute atomic E-state index is 11.4. The van der Waals surface area contributed by atoms with Crippen LogP contribution < -0.4 is 4.90 Å². The fourth-order valence-electron chi connectivity index (χ4n) is 2.74. The van der Waals surface area contributed by atoms with E-state index in [0.717, 1.165) is 24.1 Å². The molecule has 0 saturated carbocycles. The first kappa shape index (κ1) is 14.4. The first-order valence-corrected chi connectivity index (χ1v) is 7.47. The number of anilines is 1. The van der Waals surface area contributed by atoms with Crippen molar-refractivity contribution in [2.75, 3.05) is 11.4 Å². The number of hydrogen-bond donors (Lipinski definition) is 1. The van der Waals surface area contributed by atoms with Crippen LogP contribution in [0.5, 0.6) is 0 Å².